The fraction of sp³-hybridized carbons (Fsp3) is 0.556. The normalized spacial score (nSPS) is 16.7. The first-order valence-electron chi connectivity index (χ1n) is 8.27. The Hall–Kier alpha value is -1.88. The molecule has 0 aliphatic carbocycles. The molecule has 1 aromatic carbocycles. The van der Waals surface area contributed by atoms with Gasteiger partial charge in [-0.05, 0) is 38.4 Å². The molecule has 1 aromatic rings. The number of rotatable bonds is 5. The van der Waals surface area contributed by atoms with Crippen molar-refractivity contribution in [3.63, 3.8) is 0 Å². The number of piperidine rings is 1. The minimum absolute atomic E-state index is 0.0798. The summed E-state index contributed by atoms with van der Waals surface area (Å²) in [5.41, 5.74) is 2.13. The summed E-state index contributed by atoms with van der Waals surface area (Å²) < 4.78 is 0. The molecule has 0 saturated carbocycles. The van der Waals surface area contributed by atoms with Gasteiger partial charge in [-0.3, -0.25) is 9.59 Å². The summed E-state index contributed by atoms with van der Waals surface area (Å²) in [6.07, 6.45) is 2.26. The number of carbonyl (C=O) groups excluding carboxylic acids is 2. The number of hydrogen-bond donors (Lipinski definition) is 2. The van der Waals surface area contributed by atoms with E-state index in [0.29, 0.717) is 12.5 Å². The SMILES string of the molecule is CC(=O)NC(CC(=O)N(C)C1CCNCC1)c1ccc(C)cc1. The van der Waals surface area contributed by atoms with E-state index >= 15 is 0 Å². The molecule has 2 rings (SSSR count). The van der Waals surface area contributed by atoms with Crippen LogP contribution < -0.4 is 10.6 Å². The highest BCUT2D eigenvalue weighted by Gasteiger charge is 2.25. The Bertz CT molecular complexity index is 536. The summed E-state index contributed by atoms with van der Waals surface area (Å²) in [4.78, 5) is 26.0. The van der Waals surface area contributed by atoms with Crippen molar-refractivity contribution in [1.82, 2.24) is 15.5 Å². The number of nitrogens with one attached hydrogen (secondary N) is 2. The molecule has 5 nitrogen and oxygen atoms in total. The van der Waals surface area contributed by atoms with Crippen LogP contribution in [0, 0.1) is 6.92 Å². The minimum Gasteiger partial charge on any atom is -0.349 e. The van der Waals surface area contributed by atoms with E-state index in [-0.39, 0.29) is 17.9 Å². The highest BCUT2D eigenvalue weighted by Crippen LogP contribution is 2.20. The van der Waals surface area contributed by atoms with Crippen molar-refractivity contribution >= 4 is 11.8 Å². The molecule has 1 unspecified atom stereocenters. The molecule has 23 heavy (non-hydrogen) atoms. The number of amides is 2. The van der Waals surface area contributed by atoms with Crippen LogP contribution in [0.15, 0.2) is 24.3 Å². The summed E-state index contributed by atoms with van der Waals surface area (Å²) in [6, 6.07) is 7.99. The molecular weight excluding hydrogens is 290 g/mol. The monoisotopic (exact) mass is 317 g/mol. The van der Waals surface area contributed by atoms with E-state index in [1.54, 1.807) is 0 Å². The van der Waals surface area contributed by atoms with Crippen molar-refractivity contribution in [2.75, 3.05) is 20.1 Å². The maximum absolute atomic E-state index is 12.6. The van der Waals surface area contributed by atoms with Crippen LogP contribution in [0.4, 0.5) is 0 Å². The van der Waals surface area contributed by atoms with Crippen LogP contribution in [0.2, 0.25) is 0 Å². The molecule has 1 aliphatic rings. The van der Waals surface area contributed by atoms with Crippen molar-refractivity contribution in [3.8, 4) is 0 Å². The van der Waals surface area contributed by atoms with Crippen molar-refractivity contribution in [2.24, 2.45) is 0 Å². The predicted octanol–water partition coefficient (Wildman–Crippen LogP) is 1.77. The van der Waals surface area contributed by atoms with Gasteiger partial charge in [-0.1, -0.05) is 29.8 Å². The van der Waals surface area contributed by atoms with Gasteiger partial charge in [0.25, 0.3) is 0 Å². The zero-order valence-corrected chi connectivity index (χ0v) is 14.3. The van der Waals surface area contributed by atoms with E-state index in [1.807, 2.05) is 43.1 Å². The fourth-order valence-corrected chi connectivity index (χ4v) is 3.01. The van der Waals surface area contributed by atoms with Gasteiger partial charge in [0, 0.05) is 20.0 Å². The van der Waals surface area contributed by atoms with E-state index in [2.05, 4.69) is 10.6 Å². The van der Waals surface area contributed by atoms with Crippen molar-refractivity contribution < 1.29 is 9.59 Å². The van der Waals surface area contributed by atoms with Gasteiger partial charge in [-0.15, -0.1) is 0 Å². The van der Waals surface area contributed by atoms with Crippen LogP contribution in [-0.2, 0) is 9.59 Å². The zero-order valence-electron chi connectivity index (χ0n) is 14.3. The average molecular weight is 317 g/mol. The van der Waals surface area contributed by atoms with Gasteiger partial charge >= 0.3 is 0 Å². The van der Waals surface area contributed by atoms with E-state index in [4.69, 9.17) is 0 Å². The van der Waals surface area contributed by atoms with Crippen LogP contribution in [-0.4, -0.2) is 42.9 Å². The average Bonchev–Trinajstić information content (AvgIpc) is 2.54. The Kier molecular flexibility index (Phi) is 6.16. The van der Waals surface area contributed by atoms with Crippen LogP contribution in [0.25, 0.3) is 0 Å². The topological polar surface area (TPSA) is 61.4 Å². The molecule has 0 radical (unpaired) electrons. The van der Waals surface area contributed by atoms with E-state index in [1.165, 1.54) is 6.92 Å². The summed E-state index contributed by atoms with van der Waals surface area (Å²) in [7, 11) is 1.87. The molecular formula is C18H27N3O2. The lowest BCUT2D eigenvalue weighted by Crippen LogP contribution is -2.45. The minimum atomic E-state index is -0.273. The Balaban J connectivity index is 2.05. The Morgan fingerprint density at radius 3 is 2.43 bits per heavy atom. The lowest BCUT2D eigenvalue weighted by atomic mass is 10.00. The zero-order chi connectivity index (χ0) is 16.8. The molecule has 1 saturated heterocycles. The molecule has 0 spiro atoms. The Labute approximate surface area is 138 Å². The van der Waals surface area contributed by atoms with Crippen molar-refractivity contribution in [1.29, 1.82) is 0 Å². The lowest BCUT2D eigenvalue weighted by molar-refractivity contribution is -0.133. The van der Waals surface area contributed by atoms with Crippen LogP contribution in [0.1, 0.15) is 43.4 Å². The molecule has 0 aromatic heterocycles. The van der Waals surface area contributed by atoms with Gasteiger partial charge in [0.15, 0.2) is 0 Å². The molecule has 126 valence electrons. The van der Waals surface area contributed by atoms with Gasteiger partial charge in [0.2, 0.25) is 11.8 Å². The van der Waals surface area contributed by atoms with Gasteiger partial charge in [-0.25, -0.2) is 0 Å². The second-order valence-corrected chi connectivity index (χ2v) is 6.35. The predicted molar refractivity (Wildman–Crippen MR) is 91.0 cm³/mol. The van der Waals surface area contributed by atoms with Gasteiger partial charge in [0.1, 0.15) is 0 Å². The highest BCUT2D eigenvalue weighted by molar-refractivity contribution is 5.79. The van der Waals surface area contributed by atoms with Crippen LogP contribution >= 0.6 is 0 Å². The summed E-state index contributed by atoms with van der Waals surface area (Å²) in [6.45, 7) is 5.42. The van der Waals surface area contributed by atoms with E-state index < -0.39 is 0 Å². The second kappa shape index (κ2) is 8.11. The van der Waals surface area contributed by atoms with Crippen LogP contribution in [0.3, 0.4) is 0 Å². The molecule has 1 aliphatic heterocycles. The molecule has 2 amide bonds. The lowest BCUT2D eigenvalue weighted by Gasteiger charge is -2.32. The maximum atomic E-state index is 12.6. The highest BCUT2D eigenvalue weighted by atomic mass is 16.2. The molecule has 0 bridgehead atoms. The number of aryl methyl sites for hydroxylation is 1. The summed E-state index contributed by atoms with van der Waals surface area (Å²) >= 11 is 0. The third-order valence-corrected chi connectivity index (χ3v) is 4.49. The van der Waals surface area contributed by atoms with Gasteiger partial charge < -0.3 is 15.5 Å². The molecule has 1 heterocycles. The van der Waals surface area contributed by atoms with Gasteiger partial charge in [0.05, 0.1) is 12.5 Å². The quantitative estimate of drug-likeness (QED) is 0.870. The number of benzene rings is 1. The largest absolute Gasteiger partial charge is 0.349 e. The molecule has 1 atom stereocenters. The number of nitrogens with zero attached hydrogens (tertiary/aromatic N) is 1. The summed E-state index contributed by atoms with van der Waals surface area (Å²) in [5.74, 6) is -0.0379. The maximum Gasteiger partial charge on any atom is 0.224 e. The third-order valence-electron chi connectivity index (χ3n) is 4.49. The first-order chi connectivity index (χ1) is 11.0. The molecule has 5 heteroatoms. The second-order valence-electron chi connectivity index (χ2n) is 6.35. The van der Waals surface area contributed by atoms with Crippen LogP contribution in [0.5, 0.6) is 0 Å². The van der Waals surface area contributed by atoms with Crippen molar-refractivity contribution in [3.05, 3.63) is 35.4 Å². The van der Waals surface area contributed by atoms with E-state index in [9.17, 15) is 9.59 Å². The smallest absolute Gasteiger partial charge is 0.224 e. The molecule has 2 N–H and O–H groups in total. The Morgan fingerprint density at radius 2 is 1.87 bits per heavy atom. The number of hydrogen-bond acceptors (Lipinski definition) is 3. The Morgan fingerprint density at radius 1 is 1.26 bits per heavy atom. The van der Waals surface area contributed by atoms with E-state index in [0.717, 1.165) is 37.1 Å². The first kappa shape index (κ1) is 17.5. The fourth-order valence-electron chi connectivity index (χ4n) is 3.01. The van der Waals surface area contributed by atoms with Crippen molar-refractivity contribution in [2.45, 2.75) is 45.2 Å². The first-order valence-corrected chi connectivity index (χ1v) is 8.27. The molecule has 1 fully saturated rings. The number of carbonyl (C=O) groups is 2. The van der Waals surface area contributed by atoms with Gasteiger partial charge in [-0.2, -0.15) is 0 Å². The standard InChI is InChI=1S/C18H27N3O2/c1-13-4-6-15(7-5-13)17(20-14(2)22)12-18(23)21(3)16-8-10-19-11-9-16/h4-7,16-17,19H,8-12H2,1-3H3,(H,20,22). The third kappa shape index (κ3) is 5.06. The summed E-state index contributed by atoms with van der Waals surface area (Å²) in [5, 5.41) is 6.22.